The van der Waals surface area contributed by atoms with E-state index in [0.29, 0.717) is 12.0 Å². The van der Waals surface area contributed by atoms with Gasteiger partial charge in [0.15, 0.2) is 0 Å². The molecule has 2 heteroatoms. The van der Waals surface area contributed by atoms with Gasteiger partial charge in [0.05, 0.1) is 0 Å². The number of hydrogen-bond donors (Lipinski definition) is 1. The number of aryl methyl sites for hydroxylation is 1. The molecule has 0 aliphatic carbocycles. The van der Waals surface area contributed by atoms with Crippen LogP contribution in [0.3, 0.4) is 0 Å². The van der Waals surface area contributed by atoms with E-state index in [1.54, 1.807) is 0 Å². The van der Waals surface area contributed by atoms with Gasteiger partial charge in [-0.2, -0.15) is 0 Å². The maximum atomic E-state index is 3.47. The van der Waals surface area contributed by atoms with Crippen LogP contribution in [0.5, 0.6) is 0 Å². The lowest BCUT2D eigenvalue weighted by atomic mass is 9.90. The molecule has 1 N–H and O–H groups in total. The van der Waals surface area contributed by atoms with Crippen LogP contribution in [0.2, 0.25) is 0 Å². The molecule has 1 aromatic rings. The van der Waals surface area contributed by atoms with E-state index >= 15 is 0 Å². The zero-order chi connectivity index (χ0) is 12.1. The van der Waals surface area contributed by atoms with E-state index in [4.69, 9.17) is 0 Å². The molecule has 2 unspecified atom stereocenters. The van der Waals surface area contributed by atoms with Crippen molar-refractivity contribution in [2.24, 2.45) is 5.92 Å². The van der Waals surface area contributed by atoms with Crippen molar-refractivity contribution >= 4 is 22.6 Å². The monoisotopic (exact) mass is 331 g/mol. The molecular formula is C14H22IN. The van der Waals surface area contributed by atoms with E-state index in [2.05, 4.69) is 73.9 Å². The molecule has 1 rings (SSSR count). The van der Waals surface area contributed by atoms with E-state index in [9.17, 15) is 0 Å². The minimum absolute atomic E-state index is 0.478. The number of rotatable bonds is 5. The van der Waals surface area contributed by atoms with E-state index < -0.39 is 0 Å². The number of nitrogens with one attached hydrogen (secondary N) is 1. The predicted octanol–water partition coefficient (Wildman–Crippen LogP) is 4.30. The molecule has 0 heterocycles. The molecule has 1 nitrogen and oxygen atoms in total. The van der Waals surface area contributed by atoms with Crippen LogP contribution in [0.15, 0.2) is 18.2 Å². The fraction of sp³-hybridized carbons (Fsp3) is 0.571. The molecule has 0 aromatic heterocycles. The van der Waals surface area contributed by atoms with Gasteiger partial charge >= 0.3 is 0 Å². The van der Waals surface area contributed by atoms with Crippen molar-refractivity contribution in [3.63, 3.8) is 0 Å². The van der Waals surface area contributed by atoms with Gasteiger partial charge in [-0.3, -0.25) is 0 Å². The van der Waals surface area contributed by atoms with Gasteiger partial charge in [-0.15, -0.1) is 0 Å². The van der Waals surface area contributed by atoms with Gasteiger partial charge in [-0.05, 0) is 60.0 Å². The fourth-order valence-electron chi connectivity index (χ4n) is 2.28. The molecule has 0 amide bonds. The first-order valence-corrected chi connectivity index (χ1v) is 7.12. The predicted molar refractivity (Wildman–Crippen MR) is 79.8 cm³/mol. The van der Waals surface area contributed by atoms with Crippen LogP contribution in [0.1, 0.15) is 43.9 Å². The van der Waals surface area contributed by atoms with Crippen LogP contribution in [0.4, 0.5) is 0 Å². The first-order chi connectivity index (χ1) is 7.61. The molecule has 0 saturated carbocycles. The molecule has 90 valence electrons. The summed E-state index contributed by atoms with van der Waals surface area (Å²) in [6, 6.07) is 7.08. The smallest absolute Gasteiger partial charge is 0.0354 e. The van der Waals surface area contributed by atoms with Crippen LogP contribution >= 0.6 is 22.6 Å². The normalized spacial score (nSPS) is 14.8. The Morgan fingerprint density at radius 2 is 2.06 bits per heavy atom. The van der Waals surface area contributed by atoms with Crippen molar-refractivity contribution in [1.29, 1.82) is 0 Å². The average molecular weight is 331 g/mol. The summed E-state index contributed by atoms with van der Waals surface area (Å²) in [6.45, 7) is 6.77. The third-order valence-corrected chi connectivity index (χ3v) is 4.65. The van der Waals surface area contributed by atoms with Crippen LogP contribution < -0.4 is 5.32 Å². The highest BCUT2D eigenvalue weighted by molar-refractivity contribution is 14.1. The fourth-order valence-corrected chi connectivity index (χ4v) is 2.97. The third kappa shape index (κ3) is 3.20. The van der Waals surface area contributed by atoms with Crippen molar-refractivity contribution < 1.29 is 0 Å². The van der Waals surface area contributed by atoms with Gasteiger partial charge < -0.3 is 5.32 Å². The molecular weight excluding hydrogens is 309 g/mol. The lowest BCUT2D eigenvalue weighted by Gasteiger charge is -2.25. The highest BCUT2D eigenvalue weighted by Gasteiger charge is 2.19. The Kier molecular flexibility index (Phi) is 5.76. The summed E-state index contributed by atoms with van der Waals surface area (Å²) in [5.41, 5.74) is 2.83. The van der Waals surface area contributed by atoms with E-state index in [1.807, 2.05) is 0 Å². The lowest BCUT2D eigenvalue weighted by molar-refractivity contribution is 0.382. The molecule has 0 aliphatic heterocycles. The minimum atomic E-state index is 0.478. The van der Waals surface area contributed by atoms with Crippen molar-refractivity contribution in [2.75, 3.05) is 7.05 Å². The lowest BCUT2D eigenvalue weighted by Crippen LogP contribution is -2.24. The van der Waals surface area contributed by atoms with Gasteiger partial charge in [-0.25, -0.2) is 0 Å². The van der Waals surface area contributed by atoms with Gasteiger partial charge in [0.25, 0.3) is 0 Å². The summed E-state index contributed by atoms with van der Waals surface area (Å²) in [5.74, 6) is 0.685. The van der Waals surface area contributed by atoms with Crippen LogP contribution in [0.25, 0.3) is 0 Å². The molecule has 0 radical (unpaired) electrons. The van der Waals surface area contributed by atoms with Crippen molar-refractivity contribution in [3.05, 3.63) is 32.9 Å². The Morgan fingerprint density at radius 1 is 1.38 bits per heavy atom. The summed E-state index contributed by atoms with van der Waals surface area (Å²) in [7, 11) is 2.06. The van der Waals surface area contributed by atoms with Crippen molar-refractivity contribution in [2.45, 2.75) is 39.7 Å². The largest absolute Gasteiger partial charge is 0.313 e. The molecule has 0 spiro atoms. The minimum Gasteiger partial charge on any atom is -0.313 e. The van der Waals surface area contributed by atoms with E-state index in [0.717, 1.165) is 0 Å². The molecule has 0 aliphatic rings. The Hall–Kier alpha value is -0.0900. The molecule has 1 aromatic carbocycles. The molecule has 0 bridgehead atoms. The molecule has 16 heavy (non-hydrogen) atoms. The highest BCUT2D eigenvalue weighted by Crippen LogP contribution is 2.30. The number of benzene rings is 1. The maximum Gasteiger partial charge on any atom is 0.0354 e. The van der Waals surface area contributed by atoms with E-state index in [-0.39, 0.29) is 0 Å². The molecule has 0 fully saturated rings. The summed E-state index contributed by atoms with van der Waals surface area (Å²) in [5, 5.41) is 3.47. The topological polar surface area (TPSA) is 12.0 Å². The Labute approximate surface area is 113 Å². The number of halogens is 1. The maximum absolute atomic E-state index is 3.47. The van der Waals surface area contributed by atoms with Gasteiger partial charge in [0.1, 0.15) is 0 Å². The second kappa shape index (κ2) is 6.60. The van der Waals surface area contributed by atoms with Crippen molar-refractivity contribution in [1.82, 2.24) is 5.32 Å². The van der Waals surface area contributed by atoms with Gasteiger partial charge in [0, 0.05) is 9.61 Å². The first kappa shape index (κ1) is 14.0. The zero-order valence-corrected chi connectivity index (χ0v) is 12.8. The van der Waals surface area contributed by atoms with Gasteiger partial charge in [0.2, 0.25) is 0 Å². The Bertz CT molecular complexity index is 336. The SMILES string of the molecule is CCCC(C)C(NC)c1cccc(C)c1I. The van der Waals surface area contributed by atoms with E-state index in [1.165, 1.54) is 27.5 Å². The number of hydrogen-bond acceptors (Lipinski definition) is 1. The summed E-state index contributed by atoms with van der Waals surface area (Å²) in [4.78, 5) is 0. The first-order valence-electron chi connectivity index (χ1n) is 6.04. The zero-order valence-electron chi connectivity index (χ0n) is 10.7. The van der Waals surface area contributed by atoms with Crippen LogP contribution in [-0.4, -0.2) is 7.05 Å². The highest BCUT2D eigenvalue weighted by atomic mass is 127. The van der Waals surface area contributed by atoms with Crippen LogP contribution in [-0.2, 0) is 0 Å². The molecule has 2 atom stereocenters. The second-order valence-corrected chi connectivity index (χ2v) is 5.59. The third-order valence-electron chi connectivity index (χ3n) is 3.18. The standard InChI is InChI=1S/C14H22IN/c1-5-7-11(3)14(16-4)12-9-6-8-10(2)13(12)15/h6,8-9,11,14,16H,5,7H2,1-4H3. The van der Waals surface area contributed by atoms with Crippen molar-refractivity contribution in [3.8, 4) is 0 Å². The Balaban J connectivity index is 2.99. The summed E-state index contributed by atoms with van der Waals surface area (Å²) >= 11 is 2.47. The summed E-state index contributed by atoms with van der Waals surface area (Å²) in [6.07, 6.45) is 2.53. The average Bonchev–Trinajstić information content (AvgIpc) is 2.25. The second-order valence-electron chi connectivity index (χ2n) is 4.51. The Morgan fingerprint density at radius 3 is 2.62 bits per heavy atom. The summed E-state index contributed by atoms with van der Waals surface area (Å²) < 4.78 is 1.41. The quantitative estimate of drug-likeness (QED) is 0.794. The molecule has 0 saturated heterocycles. The van der Waals surface area contributed by atoms with Gasteiger partial charge in [-0.1, -0.05) is 38.5 Å². The van der Waals surface area contributed by atoms with Crippen LogP contribution in [0, 0.1) is 16.4 Å².